The average Bonchev–Trinajstić information content (AvgIpc) is 3.27. The van der Waals surface area contributed by atoms with E-state index in [0.717, 1.165) is 23.3 Å². The van der Waals surface area contributed by atoms with E-state index >= 15 is 0 Å². The van der Waals surface area contributed by atoms with Gasteiger partial charge in [-0.3, -0.25) is 14.4 Å². The van der Waals surface area contributed by atoms with Crippen LogP contribution in [0, 0.1) is 5.92 Å². The van der Waals surface area contributed by atoms with Crippen molar-refractivity contribution in [3.63, 3.8) is 0 Å². The molecule has 202 valence electrons. The maximum absolute atomic E-state index is 13.5. The Morgan fingerprint density at radius 3 is 2.38 bits per heavy atom. The van der Waals surface area contributed by atoms with E-state index in [4.69, 9.17) is 5.11 Å². The molecule has 1 unspecified atom stereocenters. The van der Waals surface area contributed by atoms with Gasteiger partial charge in [-0.1, -0.05) is 44.2 Å². The minimum absolute atomic E-state index is 0.0757. The Hall–Kier alpha value is -4.39. The van der Waals surface area contributed by atoms with E-state index in [1.54, 1.807) is 25.1 Å². The lowest BCUT2D eigenvalue weighted by molar-refractivity contribution is -0.137. The molecule has 1 amide bonds. The largest absolute Gasteiger partial charge is 0.481 e. The van der Waals surface area contributed by atoms with Crippen LogP contribution in [-0.2, 0) is 22.4 Å². The molecule has 0 aliphatic heterocycles. The number of nitrogens with zero attached hydrogens (tertiary/aromatic N) is 1. The van der Waals surface area contributed by atoms with Crippen LogP contribution in [0.2, 0.25) is 0 Å². The number of aliphatic carboxylic acids is 1. The maximum Gasteiger partial charge on any atom is 0.303 e. The minimum Gasteiger partial charge on any atom is -0.481 e. The van der Waals surface area contributed by atoms with Crippen LogP contribution in [0.4, 0.5) is 11.4 Å². The van der Waals surface area contributed by atoms with Crippen molar-refractivity contribution in [1.82, 2.24) is 4.40 Å². The Kier molecular flexibility index (Phi) is 8.81. The number of carboxylic acid groups (broad SMARTS) is 1. The first-order valence-electron chi connectivity index (χ1n) is 13.3. The molecular formula is C32H35N3O4. The topological polar surface area (TPSA) is 99.9 Å². The van der Waals surface area contributed by atoms with E-state index in [1.165, 1.54) is 5.56 Å². The number of fused-ring (bicyclic) bond motifs is 1. The second-order valence-corrected chi connectivity index (χ2v) is 10.3. The van der Waals surface area contributed by atoms with Gasteiger partial charge in [-0.2, -0.15) is 0 Å². The Bertz CT molecular complexity index is 1470. The van der Waals surface area contributed by atoms with Crippen LogP contribution < -0.4 is 10.6 Å². The van der Waals surface area contributed by atoms with Crippen molar-refractivity contribution in [2.75, 3.05) is 10.6 Å². The van der Waals surface area contributed by atoms with E-state index in [2.05, 4.69) is 24.5 Å². The molecule has 2 aromatic carbocycles. The Morgan fingerprint density at radius 1 is 0.897 bits per heavy atom. The summed E-state index contributed by atoms with van der Waals surface area (Å²) in [6, 6.07) is 22.0. The van der Waals surface area contributed by atoms with Gasteiger partial charge in [-0.15, -0.1) is 0 Å². The van der Waals surface area contributed by atoms with E-state index in [-0.39, 0.29) is 18.1 Å². The number of nitrogens with one attached hydrogen (secondary N) is 2. The number of benzene rings is 2. The van der Waals surface area contributed by atoms with Crippen molar-refractivity contribution in [2.24, 2.45) is 5.92 Å². The van der Waals surface area contributed by atoms with Crippen LogP contribution in [0.1, 0.15) is 60.8 Å². The monoisotopic (exact) mass is 525 g/mol. The molecule has 39 heavy (non-hydrogen) atoms. The molecule has 0 saturated carbocycles. The van der Waals surface area contributed by atoms with Crippen molar-refractivity contribution in [1.29, 1.82) is 0 Å². The number of pyridine rings is 1. The number of carbonyl (C=O) groups is 3. The van der Waals surface area contributed by atoms with Crippen LogP contribution in [0.15, 0.2) is 79.0 Å². The standard InChI is InChI=1S/C32H35N3O4/c1-21(2)18-23-13-15-25(16-14-23)34-32(39)22(3)33-26-9-6-8-24(19-26)31(38)28-20-27(10-7-12-30(36)37)35-17-5-4-11-29(28)35/h4-6,8-9,11,13-17,19-22,33H,7,10,12,18H2,1-3H3,(H,34,39)(H,36,37). The zero-order valence-corrected chi connectivity index (χ0v) is 22.6. The lowest BCUT2D eigenvalue weighted by Crippen LogP contribution is -2.31. The first kappa shape index (κ1) is 27.6. The van der Waals surface area contributed by atoms with Gasteiger partial charge >= 0.3 is 5.97 Å². The highest BCUT2D eigenvalue weighted by molar-refractivity contribution is 6.14. The third-order valence-electron chi connectivity index (χ3n) is 6.59. The number of carboxylic acids is 1. The fraction of sp³-hybridized carbons (Fsp3) is 0.281. The Balaban J connectivity index is 1.45. The third-order valence-corrected chi connectivity index (χ3v) is 6.59. The van der Waals surface area contributed by atoms with E-state index in [0.29, 0.717) is 35.6 Å². The van der Waals surface area contributed by atoms with E-state index in [9.17, 15) is 14.4 Å². The van der Waals surface area contributed by atoms with Gasteiger partial charge in [0.1, 0.15) is 6.04 Å². The summed E-state index contributed by atoms with van der Waals surface area (Å²) < 4.78 is 1.94. The zero-order chi connectivity index (χ0) is 27.9. The van der Waals surface area contributed by atoms with Gasteiger partial charge < -0.3 is 20.1 Å². The fourth-order valence-electron chi connectivity index (χ4n) is 4.69. The lowest BCUT2D eigenvalue weighted by Gasteiger charge is -2.16. The van der Waals surface area contributed by atoms with E-state index in [1.807, 2.05) is 65.2 Å². The van der Waals surface area contributed by atoms with Crippen molar-refractivity contribution in [3.8, 4) is 0 Å². The molecule has 3 N–H and O–H groups in total. The summed E-state index contributed by atoms with van der Waals surface area (Å²) in [4.78, 5) is 37.3. The summed E-state index contributed by atoms with van der Waals surface area (Å²) in [6.45, 7) is 6.13. The molecule has 0 radical (unpaired) electrons. The Labute approximate surface area is 228 Å². The fourth-order valence-corrected chi connectivity index (χ4v) is 4.69. The number of hydrogen-bond donors (Lipinski definition) is 3. The summed E-state index contributed by atoms with van der Waals surface area (Å²) in [5.41, 5.74) is 5.38. The predicted molar refractivity (Wildman–Crippen MR) is 155 cm³/mol. The normalized spacial score (nSPS) is 11.9. The molecule has 4 rings (SSSR count). The molecule has 0 spiro atoms. The molecule has 7 nitrogen and oxygen atoms in total. The molecule has 2 heterocycles. The molecule has 0 fully saturated rings. The first-order chi connectivity index (χ1) is 18.7. The summed E-state index contributed by atoms with van der Waals surface area (Å²) in [5, 5.41) is 15.1. The molecule has 4 aromatic rings. The molecular weight excluding hydrogens is 490 g/mol. The molecule has 0 aliphatic carbocycles. The number of amides is 1. The second kappa shape index (κ2) is 12.4. The van der Waals surface area contributed by atoms with Gasteiger partial charge in [0, 0.05) is 40.8 Å². The average molecular weight is 526 g/mol. The SMILES string of the molecule is CC(C)Cc1ccc(NC(=O)C(C)Nc2cccc(C(=O)c3cc(CCCC(=O)O)n4ccccc34)c2)cc1. The smallest absolute Gasteiger partial charge is 0.303 e. The van der Waals surface area contributed by atoms with Crippen molar-refractivity contribution < 1.29 is 19.5 Å². The molecule has 0 bridgehead atoms. The quantitative estimate of drug-likeness (QED) is 0.191. The van der Waals surface area contributed by atoms with Crippen molar-refractivity contribution in [2.45, 2.75) is 52.5 Å². The second-order valence-electron chi connectivity index (χ2n) is 10.3. The van der Waals surface area contributed by atoms with Crippen LogP contribution in [0.5, 0.6) is 0 Å². The summed E-state index contributed by atoms with van der Waals surface area (Å²) >= 11 is 0. The first-order valence-corrected chi connectivity index (χ1v) is 13.3. The van der Waals surface area contributed by atoms with Gasteiger partial charge in [0.25, 0.3) is 0 Å². The zero-order valence-electron chi connectivity index (χ0n) is 22.6. The number of hydrogen-bond acceptors (Lipinski definition) is 4. The number of aryl methyl sites for hydroxylation is 1. The lowest BCUT2D eigenvalue weighted by atomic mass is 10.0. The van der Waals surface area contributed by atoms with Gasteiger partial charge in [0.15, 0.2) is 5.78 Å². The van der Waals surface area contributed by atoms with Gasteiger partial charge in [-0.05, 0) is 80.1 Å². The number of carbonyl (C=O) groups excluding carboxylic acids is 2. The van der Waals surface area contributed by atoms with Crippen LogP contribution in [0.3, 0.4) is 0 Å². The van der Waals surface area contributed by atoms with Gasteiger partial charge in [-0.25, -0.2) is 0 Å². The molecule has 0 saturated heterocycles. The highest BCUT2D eigenvalue weighted by atomic mass is 16.4. The highest BCUT2D eigenvalue weighted by Crippen LogP contribution is 2.24. The van der Waals surface area contributed by atoms with Crippen molar-refractivity contribution in [3.05, 3.63) is 101 Å². The number of ketones is 1. The highest BCUT2D eigenvalue weighted by Gasteiger charge is 2.19. The van der Waals surface area contributed by atoms with Crippen LogP contribution in [-0.4, -0.2) is 33.2 Å². The molecule has 0 aliphatic rings. The summed E-state index contributed by atoms with van der Waals surface area (Å²) in [5.74, 6) is -0.572. The number of rotatable bonds is 12. The maximum atomic E-state index is 13.5. The number of anilines is 2. The number of aromatic nitrogens is 1. The Morgan fingerprint density at radius 2 is 1.67 bits per heavy atom. The predicted octanol–water partition coefficient (Wildman–Crippen LogP) is 6.22. The van der Waals surface area contributed by atoms with Gasteiger partial charge in [0.05, 0.1) is 5.52 Å². The molecule has 7 heteroatoms. The molecule has 1 atom stereocenters. The summed E-state index contributed by atoms with van der Waals surface area (Å²) in [7, 11) is 0. The van der Waals surface area contributed by atoms with Crippen LogP contribution >= 0.6 is 0 Å². The third kappa shape index (κ3) is 7.13. The van der Waals surface area contributed by atoms with Crippen LogP contribution in [0.25, 0.3) is 5.52 Å². The van der Waals surface area contributed by atoms with Gasteiger partial charge in [0.2, 0.25) is 5.91 Å². The summed E-state index contributed by atoms with van der Waals surface area (Å²) in [6.07, 6.45) is 4.00. The van der Waals surface area contributed by atoms with E-state index < -0.39 is 12.0 Å². The minimum atomic E-state index is -0.834. The van der Waals surface area contributed by atoms with Crippen molar-refractivity contribution >= 4 is 34.6 Å². The molecule has 2 aromatic heterocycles.